The van der Waals surface area contributed by atoms with Crippen LogP contribution in [0.5, 0.6) is 0 Å². The Hall–Kier alpha value is -1.70. The molecule has 2 fully saturated rings. The lowest BCUT2D eigenvalue weighted by molar-refractivity contribution is -0.112. The van der Waals surface area contributed by atoms with Gasteiger partial charge < -0.3 is 9.80 Å². The third-order valence-corrected chi connectivity index (χ3v) is 7.99. The summed E-state index contributed by atoms with van der Waals surface area (Å²) in [5.41, 5.74) is 3.51. The largest absolute Gasteiger partial charge is 0.311 e. The second kappa shape index (κ2) is 7.04. The van der Waals surface area contributed by atoms with Gasteiger partial charge in [-0.15, -0.1) is 0 Å². The van der Waals surface area contributed by atoms with E-state index in [1.54, 1.807) is 34.5 Å². The highest BCUT2D eigenvalue weighted by Gasteiger charge is 2.35. The summed E-state index contributed by atoms with van der Waals surface area (Å²) in [7, 11) is -1.78. The molecule has 2 heterocycles. The van der Waals surface area contributed by atoms with Gasteiger partial charge in [-0.25, -0.2) is 8.42 Å². The van der Waals surface area contributed by atoms with Crippen molar-refractivity contribution in [1.29, 1.82) is 0 Å². The minimum atomic E-state index is -3.54. The summed E-state index contributed by atoms with van der Waals surface area (Å²) in [5, 5.41) is 0. The van der Waals surface area contributed by atoms with Gasteiger partial charge >= 0.3 is 0 Å². The van der Waals surface area contributed by atoms with Crippen molar-refractivity contribution in [3.8, 4) is 0 Å². The maximum absolute atomic E-state index is 13.2. The molecule has 0 aromatic heterocycles. The first-order valence-corrected chi connectivity index (χ1v) is 11.2. The normalized spacial score (nSPS) is 22.0. The van der Waals surface area contributed by atoms with E-state index in [4.69, 9.17) is 0 Å². The minimum Gasteiger partial charge on any atom is -0.311 e. The highest BCUT2D eigenvalue weighted by atomic mass is 32.2. The third-order valence-electron chi connectivity index (χ3n) is 6.09. The topological polar surface area (TPSA) is 60.9 Å². The lowest BCUT2D eigenvalue weighted by atomic mass is 10.00. The van der Waals surface area contributed by atoms with Gasteiger partial charge in [-0.3, -0.25) is 4.79 Å². The fraction of sp³-hybridized carbons (Fsp3) is 0.550. The molecule has 2 aliphatic heterocycles. The summed E-state index contributed by atoms with van der Waals surface area (Å²) in [6.45, 7) is 5.59. The molecule has 0 atom stereocenters. The van der Waals surface area contributed by atoms with Crippen LogP contribution in [0.25, 0.3) is 5.57 Å². The smallest absolute Gasteiger partial charge is 0.258 e. The molecular formula is C20H27N3O3S. The van der Waals surface area contributed by atoms with Gasteiger partial charge in [0.2, 0.25) is 10.0 Å². The lowest BCUT2D eigenvalue weighted by Gasteiger charge is -2.33. The fourth-order valence-electron chi connectivity index (χ4n) is 4.39. The van der Waals surface area contributed by atoms with Crippen molar-refractivity contribution < 1.29 is 13.2 Å². The molecule has 1 saturated carbocycles. The molecule has 1 amide bonds. The molecule has 0 radical (unpaired) electrons. The predicted octanol–water partition coefficient (Wildman–Crippen LogP) is 2.32. The standard InChI is InChI=1S/C20H27N3O3S/c1-3-22-10-12-23(13-11-22)27(25,26)16-8-9-18-17(14-16)19(20(24)21(18)2)15-6-4-5-7-15/h8-9,14H,3-7,10-13H2,1-2H3. The Kier molecular flexibility index (Phi) is 4.86. The van der Waals surface area contributed by atoms with Gasteiger partial charge in [0.1, 0.15) is 0 Å². The molecule has 4 rings (SSSR count). The molecule has 146 valence electrons. The van der Waals surface area contributed by atoms with Crippen molar-refractivity contribution in [3.05, 3.63) is 29.3 Å². The highest BCUT2D eigenvalue weighted by molar-refractivity contribution is 7.89. The quantitative estimate of drug-likeness (QED) is 0.745. The number of piperazine rings is 1. The summed E-state index contributed by atoms with van der Waals surface area (Å²) < 4.78 is 27.9. The van der Waals surface area contributed by atoms with Gasteiger partial charge in [0.25, 0.3) is 5.91 Å². The van der Waals surface area contributed by atoms with E-state index in [0.29, 0.717) is 18.0 Å². The minimum absolute atomic E-state index is 0.00647. The number of sulfonamides is 1. The maximum Gasteiger partial charge on any atom is 0.258 e. The molecule has 0 N–H and O–H groups in total. The summed E-state index contributed by atoms with van der Waals surface area (Å²) in [4.78, 5) is 17.0. The van der Waals surface area contributed by atoms with E-state index in [9.17, 15) is 13.2 Å². The third kappa shape index (κ3) is 3.11. The zero-order valence-electron chi connectivity index (χ0n) is 16.1. The van der Waals surface area contributed by atoms with Gasteiger partial charge in [0, 0.05) is 44.4 Å². The van der Waals surface area contributed by atoms with Crippen molar-refractivity contribution in [2.75, 3.05) is 44.7 Å². The number of carbonyl (C=O) groups excluding carboxylic acids is 1. The lowest BCUT2D eigenvalue weighted by Crippen LogP contribution is -2.48. The molecule has 1 aromatic rings. The van der Waals surface area contributed by atoms with Crippen molar-refractivity contribution in [3.63, 3.8) is 0 Å². The average Bonchev–Trinajstić information content (AvgIpc) is 3.29. The number of anilines is 1. The Balaban J connectivity index is 1.71. The van der Waals surface area contributed by atoms with Crippen molar-refractivity contribution in [2.24, 2.45) is 0 Å². The number of fused-ring (bicyclic) bond motifs is 1. The fourth-order valence-corrected chi connectivity index (χ4v) is 5.84. The SMILES string of the molecule is CCN1CCN(S(=O)(=O)c2ccc3c(c2)C(=C2CCCC2)C(=O)N3C)CC1. The molecule has 27 heavy (non-hydrogen) atoms. The summed E-state index contributed by atoms with van der Waals surface area (Å²) >= 11 is 0. The van der Waals surface area contributed by atoms with E-state index in [0.717, 1.165) is 62.1 Å². The van der Waals surface area contributed by atoms with Crippen LogP contribution < -0.4 is 4.90 Å². The van der Waals surface area contributed by atoms with Gasteiger partial charge in [0.05, 0.1) is 10.6 Å². The first kappa shape index (κ1) is 18.7. The summed E-state index contributed by atoms with van der Waals surface area (Å²) in [5.74, 6) is -0.00647. The van der Waals surface area contributed by atoms with Crippen molar-refractivity contribution >= 4 is 27.2 Å². The van der Waals surface area contributed by atoms with E-state index in [2.05, 4.69) is 11.8 Å². The number of benzene rings is 1. The first-order valence-electron chi connectivity index (χ1n) is 9.80. The number of likely N-dealkylation sites (N-methyl/N-ethyl adjacent to an activating group) is 2. The Morgan fingerprint density at radius 1 is 1.04 bits per heavy atom. The highest BCUT2D eigenvalue weighted by Crippen LogP contribution is 2.42. The molecule has 0 bridgehead atoms. The van der Waals surface area contributed by atoms with Crippen LogP contribution in [0.3, 0.4) is 0 Å². The number of hydrogen-bond acceptors (Lipinski definition) is 4. The molecule has 6 nitrogen and oxygen atoms in total. The Bertz CT molecular complexity index is 891. The summed E-state index contributed by atoms with van der Waals surface area (Å²) in [6.07, 6.45) is 4.07. The van der Waals surface area contributed by atoms with Gasteiger partial charge in [0.15, 0.2) is 0 Å². The number of carbonyl (C=O) groups is 1. The van der Waals surface area contributed by atoms with Gasteiger partial charge in [-0.1, -0.05) is 12.5 Å². The van der Waals surface area contributed by atoms with Crippen molar-refractivity contribution in [2.45, 2.75) is 37.5 Å². The van der Waals surface area contributed by atoms with E-state index in [1.807, 2.05) is 0 Å². The van der Waals surface area contributed by atoms with Crippen molar-refractivity contribution in [1.82, 2.24) is 9.21 Å². The first-order chi connectivity index (χ1) is 12.9. The monoisotopic (exact) mass is 389 g/mol. The van der Waals surface area contributed by atoms with Crippen LogP contribution >= 0.6 is 0 Å². The van der Waals surface area contributed by atoms with Crippen LogP contribution in [0.2, 0.25) is 0 Å². The molecule has 0 spiro atoms. The number of allylic oxidation sites excluding steroid dienone is 1. The second-order valence-electron chi connectivity index (χ2n) is 7.57. The molecule has 1 aromatic carbocycles. The molecule has 0 unspecified atom stereocenters. The maximum atomic E-state index is 13.2. The molecule has 1 aliphatic carbocycles. The number of hydrogen-bond donors (Lipinski definition) is 0. The molecule has 3 aliphatic rings. The van der Waals surface area contributed by atoms with Crippen LogP contribution in [0.15, 0.2) is 28.7 Å². The van der Waals surface area contributed by atoms with Crippen LogP contribution in [-0.4, -0.2) is 63.3 Å². The van der Waals surface area contributed by atoms with Crippen LogP contribution in [0, 0.1) is 0 Å². The van der Waals surface area contributed by atoms with Crippen LogP contribution in [0.4, 0.5) is 5.69 Å². The predicted molar refractivity (Wildman–Crippen MR) is 106 cm³/mol. The molecule has 1 saturated heterocycles. The van der Waals surface area contributed by atoms with Gasteiger partial charge in [-0.2, -0.15) is 4.31 Å². The Labute approximate surface area is 161 Å². The van der Waals surface area contributed by atoms with Gasteiger partial charge in [-0.05, 0) is 50.4 Å². The molecular weight excluding hydrogens is 362 g/mol. The Morgan fingerprint density at radius 3 is 2.33 bits per heavy atom. The van der Waals surface area contributed by atoms with E-state index in [1.165, 1.54) is 5.57 Å². The van der Waals surface area contributed by atoms with E-state index >= 15 is 0 Å². The Morgan fingerprint density at radius 2 is 1.70 bits per heavy atom. The van der Waals surface area contributed by atoms with E-state index in [-0.39, 0.29) is 5.91 Å². The number of amides is 1. The number of nitrogens with zero attached hydrogens (tertiary/aromatic N) is 3. The second-order valence-corrected chi connectivity index (χ2v) is 9.51. The number of rotatable bonds is 3. The van der Waals surface area contributed by atoms with Crippen LogP contribution in [-0.2, 0) is 14.8 Å². The average molecular weight is 390 g/mol. The van der Waals surface area contributed by atoms with E-state index < -0.39 is 10.0 Å². The molecule has 7 heteroatoms. The zero-order valence-corrected chi connectivity index (χ0v) is 16.9. The van der Waals surface area contributed by atoms with Crippen LogP contribution in [0.1, 0.15) is 38.2 Å². The summed E-state index contributed by atoms with van der Waals surface area (Å²) in [6, 6.07) is 5.15. The zero-order chi connectivity index (χ0) is 19.2.